The van der Waals surface area contributed by atoms with E-state index < -0.39 is 0 Å². The van der Waals surface area contributed by atoms with Gasteiger partial charge < -0.3 is 25.8 Å². The molecular formula is C23H32N8O2. The van der Waals surface area contributed by atoms with Gasteiger partial charge in [-0.1, -0.05) is 13.3 Å². The molecule has 1 saturated heterocycles. The third-order valence-electron chi connectivity index (χ3n) is 5.91. The first kappa shape index (κ1) is 22.9. The summed E-state index contributed by atoms with van der Waals surface area (Å²) in [5.74, 6) is 2.19. The van der Waals surface area contributed by atoms with Crippen LogP contribution in [0.3, 0.4) is 0 Å². The van der Waals surface area contributed by atoms with Crippen LogP contribution in [0.4, 0.5) is 11.8 Å². The third-order valence-corrected chi connectivity index (χ3v) is 5.91. The predicted octanol–water partition coefficient (Wildman–Crippen LogP) is 1.94. The Kier molecular flexibility index (Phi) is 7.05. The number of piperazine rings is 1. The van der Waals surface area contributed by atoms with Crippen LogP contribution in [0.2, 0.25) is 0 Å². The van der Waals surface area contributed by atoms with Crippen molar-refractivity contribution < 1.29 is 9.47 Å². The molecule has 1 atom stereocenters. The summed E-state index contributed by atoms with van der Waals surface area (Å²) in [6.45, 7) is 6.52. The second-order valence-electron chi connectivity index (χ2n) is 8.24. The molecule has 1 aliphatic rings. The van der Waals surface area contributed by atoms with E-state index in [1.54, 1.807) is 20.4 Å². The van der Waals surface area contributed by atoms with Crippen molar-refractivity contribution in [1.82, 2.24) is 24.8 Å². The van der Waals surface area contributed by atoms with Crippen LogP contribution in [0, 0.1) is 0 Å². The van der Waals surface area contributed by atoms with E-state index in [0.29, 0.717) is 34.2 Å². The van der Waals surface area contributed by atoms with Crippen LogP contribution in [-0.4, -0.2) is 77.8 Å². The molecule has 0 aliphatic carbocycles. The normalized spacial score (nSPS) is 15.6. The number of methoxy groups -OCH3 is 2. The zero-order chi connectivity index (χ0) is 23.4. The van der Waals surface area contributed by atoms with Gasteiger partial charge in [0.1, 0.15) is 0 Å². The maximum atomic E-state index is 6.24. The Morgan fingerprint density at radius 2 is 1.79 bits per heavy atom. The Morgan fingerprint density at radius 1 is 1.03 bits per heavy atom. The van der Waals surface area contributed by atoms with Gasteiger partial charge in [-0.15, -0.1) is 0 Å². The van der Waals surface area contributed by atoms with Crippen LogP contribution >= 0.6 is 0 Å². The number of hydrogen-bond acceptors (Lipinski definition) is 10. The quantitative estimate of drug-likeness (QED) is 0.523. The molecule has 0 saturated carbocycles. The molecule has 10 heteroatoms. The van der Waals surface area contributed by atoms with Crippen LogP contribution in [-0.2, 0) is 0 Å². The van der Waals surface area contributed by atoms with Gasteiger partial charge in [-0.05, 0) is 24.6 Å². The minimum atomic E-state index is 0.193. The number of benzene rings is 1. The van der Waals surface area contributed by atoms with Crippen molar-refractivity contribution in [2.24, 2.45) is 5.73 Å². The summed E-state index contributed by atoms with van der Waals surface area (Å²) >= 11 is 0. The molecular weight excluding hydrogens is 420 g/mol. The highest BCUT2D eigenvalue weighted by Gasteiger charge is 2.23. The largest absolute Gasteiger partial charge is 0.493 e. The summed E-state index contributed by atoms with van der Waals surface area (Å²) in [4.78, 5) is 22.8. The minimum absolute atomic E-state index is 0.193. The lowest BCUT2D eigenvalue weighted by molar-refractivity contribution is 0.238. The molecule has 0 amide bonds. The van der Waals surface area contributed by atoms with Crippen LogP contribution in [0.1, 0.15) is 19.8 Å². The number of rotatable bonds is 8. The molecule has 3 heterocycles. The smallest absolute Gasteiger partial charge is 0.224 e. The molecule has 1 unspecified atom stereocenters. The van der Waals surface area contributed by atoms with Crippen molar-refractivity contribution in [2.75, 3.05) is 57.6 Å². The van der Waals surface area contributed by atoms with Crippen molar-refractivity contribution in [3.8, 4) is 22.8 Å². The molecule has 10 nitrogen and oxygen atoms in total. The maximum Gasteiger partial charge on any atom is 0.224 e. The highest BCUT2D eigenvalue weighted by atomic mass is 16.5. The van der Waals surface area contributed by atoms with E-state index in [4.69, 9.17) is 25.9 Å². The van der Waals surface area contributed by atoms with Gasteiger partial charge >= 0.3 is 0 Å². The summed E-state index contributed by atoms with van der Waals surface area (Å²) in [6.07, 6.45) is 3.84. The third kappa shape index (κ3) is 5.07. The molecule has 33 heavy (non-hydrogen) atoms. The van der Waals surface area contributed by atoms with E-state index in [2.05, 4.69) is 31.7 Å². The standard InChI is InChI=1S/C23H32N8O2/c1-4-5-16(24)14-30-8-10-31(11-9-30)22-20-21(28-23(25)29-22)26-13-17(27-20)15-6-7-18(32-2)19(12-15)33-3/h6-7,12-13,16H,4-5,8-11,14,24H2,1-3H3,(H2,25,26,28,29). The Hall–Kier alpha value is -3.24. The Balaban J connectivity index is 1.62. The van der Waals surface area contributed by atoms with Gasteiger partial charge in [-0.2, -0.15) is 9.97 Å². The fraction of sp³-hybridized carbons (Fsp3) is 0.478. The lowest BCUT2D eigenvalue weighted by atomic mass is 10.1. The molecule has 4 N–H and O–H groups in total. The highest BCUT2D eigenvalue weighted by molar-refractivity contribution is 5.86. The van der Waals surface area contributed by atoms with Crippen molar-refractivity contribution in [3.05, 3.63) is 24.4 Å². The summed E-state index contributed by atoms with van der Waals surface area (Å²) in [5.41, 5.74) is 14.9. The average molecular weight is 453 g/mol. The summed E-state index contributed by atoms with van der Waals surface area (Å²) in [5, 5.41) is 0. The number of hydrogen-bond donors (Lipinski definition) is 2. The molecule has 1 aromatic carbocycles. The monoisotopic (exact) mass is 452 g/mol. The summed E-state index contributed by atoms with van der Waals surface area (Å²) in [7, 11) is 3.22. The second kappa shape index (κ2) is 10.1. The number of nitrogen functional groups attached to an aromatic ring is 1. The van der Waals surface area contributed by atoms with Gasteiger partial charge in [0.05, 0.1) is 26.1 Å². The van der Waals surface area contributed by atoms with Crippen molar-refractivity contribution >= 4 is 22.9 Å². The molecule has 4 rings (SSSR count). The lowest BCUT2D eigenvalue weighted by Gasteiger charge is -2.36. The molecule has 0 radical (unpaired) electrons. The van der Waals surface area contributed by atoms with Gasteiger partial charge in [0.15, 0.2) is 28.5 Å². The number of nitrogens with zero attached hydrogens (tertiary/aromatic N) is 6. The van der Waals surface area contributed by atoms with Gasteiger partial charge in [-0.25, -0.2) is 9.97 Å². The van der Waals surface area contributed by atoms with Crippen LogP contribution in [0.15, 0.2) is 24.4 Å². The average Bonchev–Trinajstić information content (AvgIpc) is 2.83. The van der Waals surface area contributed by atoms with E-state index in [0.717, 1.165) is 51.1 Å². The Bertz CT molecular complexity index is 1100. The minimum Gasteiger partial charge on any atom is -0.493 e. The number of ether oxygens (including phenoxy) is 2. The van der Waals surface area contributed by atoms with Crippen molar-refractivity contribution in [2.45, 2.75) is 25.8 Å². The molecule has 2 aromatic heterocycles. The maximum absolute atomic E-state index is 6.24. The molecule has 0 bridgehead atoms. The van der Waals surface area contributed by atoms with E-state index in [1.807, 2.05) is 18.2 Å². The highest BCUT2D eigenvalue weighted by Crippen LogP contribution is 2.32. The fourth-order valence-corrected chi connectivity index (χ4v) is 4.20. The summed E-state index contributed by atoms with van der Waals surface area (Å²) in [6, 6.07) is 5.87. The Labute approximate surface area is 193 Å². The van der Waals surface area contributed by atoms with E-state index in [1.165, 1.54) is 0 Å². The second-order valence-corrected chi connectivity index (χ2v) is 8.24. The molecule has 1 aliphatic heterocycles. The summed E-state index contributed by atoms with van der Waals surface area (Å²) < 4.78 is 10.8. The molecule has 176 valence electrons. The number of fused-ring (bicyclic) bond motifs is 1. The lowest BCUT2D eigenvalue weighted by Crippen LogP contribution is -2.50. The number of aromatic nitrogens is 4. The molecule has 1 fully saturated rings. The molecule has 3 aromatic rings. The van der Waals surface area contributed by atoms with E-state index >= 15 is 0 Å². The SMILES string of the molecule is CCCC(N)CN1CCN(c2nc(N)nc3ncc(-c4ccc(OC)c(OC)c4)nc23)CC1. The van der Waals surface area contributed by atoms with Gasteiger partial charge in [0, 0.05) is 44.3 Å². The first-order valence-electron chi connectivity index (χ1n) is 11.3. The molecule has 0 spiro atoms. The van der Waals surface area contributed by atoms with E-state index in [9.17, 15) is 0 Å². The first-order chi connectivity index (χ1) is 16.0. The number of nitrogens with two attached hydrogens (primary N) is 2. The first-order valence-corrected chi connectivity index (χ1v) is 11.3. The zero-order valence-corrected chi connectivity index (χ0v) is 19.5. The van der Waals surface area contributed by atoms with Gasteiger partial charge in [-0.3, -0.25) is 4.90 Å². The van der Waals surface area contributed by atoms with Gasteiger partial charge in [0.2, 0.25) is 5.95 Å². The topological polar surface area (TPSA) is 129 Å². The van der Waals surface area contributed by atoms with Crippen molar-refractivity contribution in [3.63, 3.8) is 0 Å². The Morgan fingerprint density at radius 3 is 2.48 bits per heavy atom. The van der Waals surface area contributed by atoms with Crippen molar-refractivity contribution in [1.29, 1.82) is 0 Å². The van der Waals surface area contributed by atoms with Crippen LogP contribution in [0.5, 0.6) is 11.5 Å². The predicted molar refractivity (Wildman–Crippen MR) is 130 cm³/mol. The zero-order valence-electron chi connectivity index (χ0n) is 19.5. The van der Waals surface area contributed by atoms with Crippen LogP contribution < -0.4 is 25.8 Å². The van der Waals surface area contributed by atoms with Crippen LogP contribution in [0.25, 0.3) is 22.4 Å². The van der Waals surface area contributed by atoms with E-state index in [-0.39, 0.29) is 12.0 Å². The fourth-order valence-electron chi connectivity index (χ4n) is 4.20. The van der Waals surface area contributed by atoms with Gasteiger partial charge in [0.25, 0.3) is 0 Å². The number of anilines is 2.